The lowest BCUT2D eigenvalue weighted by atomic mass is 10.1. The van der Waals surface area contributed by atoms with Crippen molar-refractivity contribution in [1.82, 2.24) is 4.90 Å². The van der Waals surface area contributed by atoms with Gasteiger partial charge in [0, 0.05) is 19.6 Å². The molecule has 0 spiro atoms. The van der Waals surface area contributed by atoms with E-state index in [4.69, 9.17) is 4.74 Å². The summed E-state index contributed by atoms with van der Waals surface area (Å²) in [4.78, 5) is 1.92. The molecule has 1 heterocycles. The van der Waals surface area contributed by atoms with Crippen molar-refractivity contribution in [2.75, 3.05) is 26.3 Å². The second kappa shape index (κ2) is 8.07. The summed E-state index contributed by atoms with van der Waals surface area (Å²) in [5.74, 6) is -15.7. The predicted molar refractivity (Wildman–Crippen MR) is 83.0 cm³/mol. The summed E-state index contributed by atoms with van der Waals surface area (Å²) in [7, 11) is -6.94. The number of rotatable bonds is 7. The highest BCUT2D eigenvalue weighted by Crippen LogP contribution is 2.54. The maximum atomic E-state index is 13.6. The van der Waals surface area contributed by atoms with Crippen molar-refractivity contribution < 1.29 is 56.9 Å². The van der Waals surface area contributed by atoms with Gasteiger partial charge in [-0.15, -0.1) is 0 Å². The number of hydrogen-bond donors (Lipinski definition) is 0. The first-order valence-electron chi connectivity index (χ1n) is 8.06. The summed E-state index contributed by atoms with van der Waals surface area (Å²) >= 11 is 0. The number of hydrogen-bond acceptors (Lipinski definition) is 5. The van der Waals surface area contributed by atoms with Crippen LogP contribution in [-0.2, 0) is 21.4 Å². The Kier molecular flexibility index (Phi) is 6.60. The summed E-state index contributed by atoms with van der Waals surface area (Å²) in [6, 6.07) is 3.90. The third-order valence-electron chi connectivity index (χ3n) is 4.07. The molecule has 0 amide bonds. The fourth-order valence-electron chi connectivity index (χ4n) is 2.36. The Morgan fingerprint density at radius 3 is 1.83 bits per heavy atom. The highest BCUT2D eigenvalue weighted by atomic mass is 32.2. The van der Waals surface area contributed by atoms with Gasteiger partial charge in [-0.3, -0.25) is 4.90 Å². The molecule has 0 aliphatic carbocycles. The Balaban J connectivity index is 2.20. The van der Waals surface area contributed by atoms with Crippen molar-refractivity contribution in [2.45, 2.75) is 29.8 Å². The molecule has 0 saturated carbocycles. The molecule has 0 unspecified atom stereocenters. The Morgan fingerprint density at radius 1 is 0.867 bits per heavy atom. The Bertz CT molecular complexity index is 835. The van der Waals surface area contributed by atoms with E-state index < -0.39 is 39.1 Å². The summed E-state index contributed by atoms with van der Waals surface area (Å²) in [5, 5.41) is -6.90. The minimum atomic E-state index is -7.35. The molecule has 0 atom stereocenters. The van der Waals surface area contributed by atoms with Crippen LogP contribution in [0.25, 0.3) is 0 Å². The van der Waals surface area contributed by atoms with Gasteiger partial charge in [-0.2, -0.15) is 47.9 Å². The maximum absolute atomic E-state index is 13.6. The van der Waals surface area contributed by atoms with Crippen LogP contribution < -0.4 is 4.18 Å². The van der Waals surface area contributed by atoms with Crippen molar-refractivity contribution in [3.63, 3.8) is 0 Å². The number of nitrogens with zero attached hydrogens (tertiary/aromatic N) is 1. The molecule has 0 radical (unpaired) electrons. The van der Waals surface area contributed by atoms with Gasteiger partial charge in [-0.1, -0.05) is 12.1 Å². The molecule has 1 aliphatic heterocycles. The second-order valence-electron chi connectivity index (χ2n) is 6.23. The molecule has 15 heteroatoms. The fraction of sp³-hybridized carbons (Fsp3) is 0.600. The Morgan fingerprint density at radius 2 is 1.37 bits per heavy atom. The van der Waals surface area contributed by atoms with Gasteiger partial charge in [0.05, 0.1) is 13.2 Å². The minimum Gasteiger partial charge on any atom is -0.379 e. The average molecular weight is 475 g/mol. The quantitative estimate of drug-likeness (QED) is 0.445. The van der Waals surface area contributed by atoms with Crippen LogP contribution in [0.1, 0.15) is 5.56 Å². The van der Waals surface area contributed by atoms with E-state index in [0.717, 1.165) is 12.1 Å². The van der Waals surface area contributed by atoms with Crippen LogP contribution >= 0.6 is 0 Å². The molecule has 1 aromatic rings. The largest absolute Gasteiger partial charge is 0.460 e. The van der Waals surface area contributed by atoms with E-state index in [-0.39, 0.29) is 0 Å². The van der Waals surface area contributed by atoms with Crippen LogP contribution in [0.4, 0.5) is 39.5 Å². The summed E-state index contributed by atoms with van der Waals surface area (Å²) in [6.07, 6.45) is -7.14. The molecule has 1 fully saturated rings. The number of ether oxygens (including phenoxy) is 1. The van der Waals surface area contributed by atoms with Gasteiger partial charge in [0.15, 0.2) is 0 Å². The zero-order valence-corrected chi connectivity index (χ0v) is 15.6. The number of benzene rings is 1. The summed E-state index contributed by atoms with van der Waals surface area (Å²) in [6.45, 7) is 2.40. The van der Waals surface area contributed by atoms with E-state index in [1.807, 2.05) is 4.90 Å². The highest BCUT2D eigenvalue weighted by Gasteiger charge is 2.86. The molecule has 30 heavy (non-hydrogen) atoms. The smallest absolute Gasteiger partial charge is 0.379 e. The van der Waals surface area contributed by atoms with Crippen molar-refractivity contribution in [3.05, 3.63) is 29.8 Å². The molecular formula is C15H14F9NO4S. The lowest BCUT2D eigenvalue weighted by Crippen LogP contribution is -2.63. The number of morpholine rings is 1. The van der Waals surface area contributed by atoms with E-state index in [1.165, 1.54) is 12.1 Å². The van der Waals surface area contributed by atoms with Crippen molar-refractivity contribution in [2.24, 2.45) is 0 Å². The van der Waals surface area contributed by atoms with Crippen LogP contribution in [0.15, 0.2) is 24.3 Å². The standard InChI is InChI=1S/C15H14F9NO4S/c16-12(17,14(20,21)22)13(18,19)15(23,24)30(26,27)29-11-3-1-10(2-4-11)9-25-5-7-28-8-6-25/h1-4H,5-9H2. The van der Waals surface area contributed by atoms with E-state index in [1.54, 1.807) is 0 Å². The van der Waals surface area contributed by atoms with Gasteiger partial charge in [0.25, 0.3) is 0 Å². The fourth-order valence-corrected chi connectivity index (χ4v) is 3.28. The van der Waals surface area contributed by atoms with Crippen LogP contribution in [0.2, 0.25) is 0 Å². The number of halogens is 9. The third kappa shape index (κ3) is 4.46. The van der Waals surface area contributed by atoms with Crippen LogP contribution in [0, 0.1) is 0 Å². The van der Waals surface area contributed by atoms with E-state index in [2.05, 4.69) is 4.18 Å². The highest BCUT2D eigenvalue weighted by molar-refractivity contribution is 7.88. The van der Waals surface area contributed by atoms with Crippen LogP contribution in [0.5, 0.6) is 5.75 Å². The lowest BCUT2D eigenvalue weighted by Gasteiger charge is -2.32. The molecule has 0 bridgehead atoms. The summed E-state index contributed by atoms with van der Waals surface area (Å²) in [5.41, 5.74) is 0.530. The Hall–Kier alpha value is -1.74. The molecule has 1 aliphatic rings. The van der Waals surface area contributed by atoms with Crippen molar-refractivity contribution in [3.8, 4) is 5.75 Å². The van der Waals surface area contributed by atoms with Gasteiger partial charge in [0.2, 0.25) is 0 Å². The normalized spacial score (nSPS) is 17.8. The summed E-state index contributed by atoms with van der Waals surface area (Å²) < 4.78 is 148. The van der Waals surface area contributed by atoms with Crippen LogP contribution in [0.3, 0.4) is 0 Å². The minimum absolute atomic E-state index is 0.336. The third-order valence-corrected chi connectivity index (χ3v) is 5.37. The van der Waals surface area contributed by atoms with E-state index in [9.17, 15) is 47.9 Å². The molecule has 172 valence electrons. The molecule has 0 aromatic heterocycles. The van der Waals surface area contributed by atoms with Gasteiger partial charge in [0.1, 0.15) is 5.75 Å². The molecule has 1 aromatic carbocycles. The van der Waals surface area contributed by atoms with Crippen LogP contribution in [-0.4, -0.2) is 62.9 Å². The molecular weight excluding hydrogens is 461 g/mol. The monoisotopic (exact) mass is 475 g/mol. The molecule has 0 N–H and O–H groups in total. The van der Waals surface area contributed by atoms with E-state index >= 15 is 0 Å². The van der Waals surface area contributed by atoms with Gasteiger partial charge in [-0.25, -0.2) is 0 Å². The maximum Gasteiger partial charge on any atom is 0.460 e. The average Bonchev–Trinajstić information content (AvgIpc) is 2.62. The number of alkyl halides is 9. The first-order valence-corrected chi connectivity index (χ1v) is 9.47. The Labute approximate surface area is 164 Å². The zero-order chi connectivity index (χ0) is 23.0. The lowest BCUT2D eigenvalue weighted by molar-refractivity contribution is -0.382. The molecule has 1 saturated heterocycles. The SMILES string of the molecule is O=S(=O)(Oc1ccc(CN2CCOCC2)cc1)C(F)(F)C(F)(F)C(F)(F)C(F)(F)F. The van der Waals surface area contributed by atoms with Crippen molar-refractivity contribution in [1.29, 1.82) is 0 Å². The first kappa shape index (κ1) is 24.5. The molecule has 5 nitrogen and oxygen atoms in total. The first-order chi connectivity index (χ1) is 13.5. The predicted octanol–water partition coefficient (Wildman–Crippen LogP) is 3.65. The van der Waals surface area contributed by atoms with Crippen molar-refractivity contribution >= 4 is 10.1 Å². The zero-order valence-electron chi connectivity index (χ0n) is 14.7. The van der Waals surface area contributed by atoms with Gasteiger partial charge < -0.3 is 8.92 Å². The van der Waals surface area contributed by atoms with Gasteiger partial charge >= 0.3 is 33.4 Å². The topological polar surface area (TPSA) is 55.8 Å². The molecule has 2 rings (SSSR count). The van der Waals surface area contributed by atoms with Gasteiger partial charge in [-0.05, 0) is 17.7 Å². The second-order valence-corrected chi connectivity index (χ2v) is 7.82. The van der Waals surface area contributed by atoms with E-state index in [0.29, 0.717) is 38.4 Å².